The van der Waals surface area contributed by atoms with E-state index < -0.39 is 0 Å². The lowest BCUT2D eigenvalue weighted by Gasteiger charge is -2.33. The minimum atomic E-state index is -0.275. The number of amides is 1. The average molecular weight is 394 g/mol. The second-order valence-corrected chi connectivity index (χ2v) is 7.09. The van der Waals surface area contributed by atoms with Gasteiger partial charge in [0.15, 0.2) is 0 Å². The highest BCUT2D eigenvalue weighted by Crippen LogP contribution is 2.23. The minimum absolute atomic E-state index is 0.0584. The summed E-state index contributed by atoms with van der Waals surface area (Å²) in [7, 11) is 1.61. The molecule has 29 heavy (non-hydrogen) atoms. The van der Waals surface area contributed by atoms with E-state index in [1.165, 1.54) is 12.1 Å². The molecule has 1 atom stereocenters. The summed E-state index contributed by atoms with van der Waals surface area (Å²) in [5, 5.41) is 7.67. The molecule has 0 spiro atoms. The number of carbonyl (C=O) groups excluding carboxylic acids is 1. The first kappa shape index (κ1) is 19.0. The van der Waals surface area contributed by atoms with Crippen molar-refractivity contribution in [2.24, 2.45) is 0 Å². The third kappa shape index (κ3) is 4.23. The largest absolute Gasteiger partial charge is 0.494 e. The molecule has 3 aromatic rings. The summed E-state index contributed by atoms with van der Waals surface area (Å²) in [5.74, 6) is 0.353. The molecule has 7 heteroatoms. The predicted molar refractivity (Wildman–Crippen MR) is 109 cm³/mol. The lowest BCUT2D eigenvalue weighted by Crippen LogP contribution is -2.45. The molecule has 0 saturated carbocycles. The Morgan fingerprint density at radius 2 is 2.10 bits per heavy atom. The van der Waals surface area contributed by atoms with Crippen molar-refractivity contribution in [3.8, 4) is 11.4 Å². The molecule has 6 nitrogen and oxygen atoms in total. The van der Waals surface area contributed by atoms with Crippen molar-refractivity contribution in [2.75, 3.05) is 25.5 Å². The van der Waals surface area contributed by atoms with E-state index in [9.17, 15) is 9.18 Å². The van der Waals surface area contributed by atoms with Gasteiger partial charge in [0.2, 0.25) is 0 Å². The number of hydrogen-bond donors (Lipinski definition) is 1. The number of likely N-dealkylation sites (tertiary alicyclic amines) is 1. The van der Waals surface area contributed by atoms with E-state index >= 15 is 0 Å². The van der Waals surface area contributed by atoms with Gasteiger partial charge in [-0.2, -0.15) is 5.10 Å². The van der Waals surface area contributed by atoms with Crippen LogP contribution in [0.15, 0.2) is 60.9 Å². The number of halogens is 1. The number of hydrogen-bond acceptors (Lipinski definition) is 4. The Morgan fingerprint density at radius 1 is 1.24 bits per heavy atom. The maximum atomic E-state index is 13.4. The quantitative estimate of drug-likeness (QED) is 0.716. The highest BCUT2D eigenvalue weighted by atomic mass is 19.1. The maximum Gasteiger partial charge on any atom is 0.257 e. The average Bonchev–Trinajstić information content (AvgIpc) is 3.23. The molecular weight excluding hydrogens is 371 g/mol. The Bertz CT molecular complexity index is 1000. The molecule has 0 bridgehead atoms. The number of methoxy groups -OCH3 is 1. The van der Waals surface area contributed by atoms with Gasteiger partial charge in [0, 0.05) is 31.0 Å². The fraction of sp³-hybridized carbons (Fsp3) is 0.273. The van der Waals surface area contributed by atoms with E-state index in [0.29, 0.717) is 24.4 Å². The number of rotatable bonds is 5. The molecule has 4 rings (SSSR count). The van der Waals surface area contributed by atoms with Crippen LogP contribution in [0.25, 0.3) is 5.69 Å². The molecule has 1 amide bonds. The fourth-order valence-corrected chi connectivity index (χ4v) is 3.66. The number of aromatic nitrogens is 2. The van der Waals surface area contributed by atoms with Gasteiger partial charge in [0.05, 0.1) is 18.9 Å². The highest BCUT2D eigenvalue weighted by molar-refractivity contribution is 5.94. The Balaban J connectivity index is 1.46. The summed E-state index contributed by atoms with van der Waals surface area (Å²) in [6, 6.07) is 14.0. The van der Waals surface area contributed by atoms with Crippen LogP contribution in [0.4, 0.5) is 10.1 Å². The normalized spacial score (nSPS) is 16.5. The highest BCUT2D eigenvalue weighted by Gasteiger charge is 2.25. The van der Waals surface area contributed by atoms with Crippen molar-refractivity contribution in [3.63, 3.8) is 0 Å². The zero-order valence-corrected chi connectivity index (χ0v) is 16.2. The van der Waals surface area contributed by atoms with Crippen molar-refractivity contribution in [3.05, 3.63) is 72.3 Å². The number of nitrogens with one attached hydrogen (secondary N) is 1. The van der Waals surface area contributed by atoms with Crippen molar-refractivity contribution in [1.82, 2.24) is 14.7 Å². The van der Waals surface area contributed by atoms with E-state index in [1.54, 1.807) is 30.3 Å². The van der Waals surface area contributed by atoms with Gasteiger partial charge in [-0.1, -0.05) is 18.2 Å². The van der Waals surface area contributed by atoms with Crippen LogP contribution in [0.3, 0.4) is 0 Å². The van der Waals surface area contributed by atoms with E-state index in [2.05, 4.69) is 10.4 Å². The predicted octanol–water partition coefficient (Wildman–Crippen LogP) is 3.74. The standard InChI is InChI=1S/C22H23FN4O2/c1-29-21-10-3-2-9-20(21)27-14-16(13-24-27)22(28)26-11-5-8-19(15-26)25-18-7-4-6-17(23)12-18/h2-4,6-7,9-10,12-14,19,25H,5,8,11,15H2,1H3/t19-/m1/s1. The molecule has 0 radical (unpaired) electrons. The van der Waals surface area contributed by atoms with Crippen molar-refractivity contribution < 1.29 is 13.9 Å². The minimum Gasteiger partial charge on any atom is -0.494 e. The molecule has 1 fully saturated rings. The Labute approximate surface area is 168 Å². The first-order valence-corrected chi connectivity index (χ1v) is 9.63. The molecule has 1 saturated heterocycles. The monoisotopic (exact) mass is 394 g/mol. The van der Waals surface area contributed by atoms with Crippen molar-refractivity contribution in [1.29, 1.82) is 0 Å². The lowest BCUT2D eigenvalue weighted by atomic mass is 10.0. The summed E-state index contributed by atoms with van der Waals surface area (Å²) in [6.07, 6.45) is 5.13. The number of carbonyl (C=O) groups is 1. The van der Waals surface area contributed by atoms with E-state index in [-0.39, 0.29) is 17.8 Å². The van der Waals surface area contributed by atoms with Crippen LogP contribution >= 0.6 is 0 Å². The van der Waals surface area contributed by atoms with Crippen LogP contribution < -0.4 is 10.1 Å². The van der Waals surface area contributed by atoms with Gasteiger partial charge in [-0.3, -0.25) is 4.79 Å². The molecule has 150 valence electrons. The molecule has 1 N–H and O–H groups in total. The van der Waals surface area contributed by atoms with Crippen molar-refractivity contribution >= 4 is 11.6 Å². The van der Waals surface area contributed by atoms with Gasteiger partial charge >= 0.3 is 0 Å². The summed E-state index contributed by atoms with van der Waals surface area (Å²) in [6.45, 7) is 1.26. The van der Waals surface area contributed by atoms with E-state index in [4.69, 9.17) is 4.74 Å². The molecular formula is C22H23FN4O2. The number of anilines is 1. The number of ether oxygens (including phenoxy) is 1. The first-order valence-electron chi connectivity index (χ1n) is 9.63. The third-order valence-corrected chi connectivity index (χ3v) is 5.07. The van der Waals surface area contributed by atoms with Crippen LogP contribution in [-0.2, 0) is 0 Å². The SMILES string of the molecule is COc1ccccc1-n1cc(C(=O)N2CCC[C@@H](Nc3cccc(F)c3)C2)cn1. The second-order valence-electron chi connectivity index (χ2n) is 7.09. The number of nitrogens with zero attached hydrogens (tertiary/aromatic N) is 3. The smallest absolute Gasteiger partial charge is 0.257 e. The zero-order valence-electron chi connectivity index (χ0n) is 16.2. The second kappa shape index (κ2) is 8.34. The van der Waals surface area contributed by atoms with Crippen LogP contribution in [0.2, 0.25) is 0 Å². The lowest BCUT2D eigenvalue weighted by molar-refractivity contribution is 0.0715. The fourth-order valence-electron chi connectivity index (χ4n) is 3.66. The molecule has 0 aliphatic carbocycles. The Morgan fingerprint density at radius 3 is 2.93 bits per heavy atom. The Hall–Kier alpha value is -3.35. The molecule has 1 aliphatic heterocycles. The summed E-state index contributed by atoms with van der Waals surface area (Å²) in [5.41, 5.74) is 2.04. The number of piperidine rings is 1. The molecule has 2 aromatic carbocycles. The van der Waals surface area contributed by atoms with Crippen LogP contribution in [-0.4, -0.2) is 46.8 Å². The van der Waals surface area contributed by atoms with E-state index in [1.807, 2.05) is 35.2 Å². The van der Waals surface area contributed by atoms with Crippen LogP contribution in [0, 0.1) is 5.82 Å². The van der Waals surface area contributed by atoms with Crippen molar-refractivity contribution in [2.45, 2.75) is 18.9 Å². The number of para-hydroxylation sites is 2. The van der Waals surface area contributed by atoms with Gasteiger partial charge in [-0.15, -0.1) is 0 Å². The van der Waals surface area contributed by atoms with Gasteiger partial charge in [0.25, 0.3) is 5.91 Å². The number of benzene rings is 2. The zero-order chi connectivity index (χ0) is 20.2. The van der Waals surface area contributed by atoms with Crippen LogP contribution in [0.1, 0.15) is 23.2 Å². The van der Waals surface area contributed by atoms with Gasteiger partial charge in [0.1, 0.15) is 17.3 Å². The topological polar surface area (TPSA) is 59.4 Å². The molecule has 1 aromatic heterocycles. The van der Waals surface area contributed by atoms with Gasteiger partial charge in [-0.25, -0.2) is 9.07 Å². The summed E-state index contributed by atoms with van der Waals surface area (Å²) < 4.78 is 20.4. The summed E-state index contributed by atoms with van der Waals surface area (Å²) >= 11 is 0. The van der Waals surface area contributed by atoms with Gasteiger partial charge in [-0.05, 0) is 43.2 Å². The third-order valence-electron chi connectivity index (χ3n) is 5.07. The van der Waals surface area contributed by atoms with Gasteiger partial charge < -0.3 is 15.0 Å². The van der Waals surface area contributed by atoms with Crippen LogP contribution in [0.5, 0.6) is 5.75 Å². The van der Waals surface area contributed by atoms with E-state index in [0.717, 1.165) is 24.2 Å². The molecule has 2 heterocycles. The Kier molecular flexibility index (Phi) is 5.46. The molecule has 1 aliphatic rings. The summed E-state index contributed by atoms with van der Waals surface area (Å²) in [4.78, 5) is 14.8. The molecule has 0 unspecified atom stereocenters. The maximum absolute atomic E-state index is 13.4. The first-order chi connectivity index (χ1) is 14.1.